The van der Waals surface area contributed by atoms with E-state index in [1.54, 1.807) is 11.3 Å². The molecule has 5 heteroatoms. The Balaban J connectivity index is 1.74. The van der Waals surface area contributed by atoms with Crippen molar-refractivity contribution in [1.82, 2.24) is 20.1 Å². The van der Waals surface area contributed by atoms with Gasteiger partial charge in [0.25, 0.3) is 0 Å². The molecular weight excluding hydrogens is 280 g/mol. The summed E-state index contributed by atoms with van der Waals surface area (Å²) in [7, 11) is 1.99. The fraction of sp³-hybridized carbons (Fsp3) is 0.375. The number of benzene rings is 1. The zero-order valence-electron chi connectivity index (χ0n) is 12.6. The Morgan fingerprint density at radius 3 is 2.90 bits per heavy atom. The fourth-order valence-electron chi connectivity index (χ4n) is 2.44. The molecule has 0 bridgehead atoms. The van der Waals surface area contributed by atoms with E-state index < -0.39 is 0 Å². The van der Waals surface area contributed by atoms with Crippen LogP contribution in [0.15, 0.2) is 30.5 Å². The van der Waals surface area contributed by atoms with Crippen molar-refractivity contribution < 1.29 is 0 Å². The molecular formula is C16H20N4S. The molecule has 21 heavy (non-hydrogen) atoms. The highest BCUT2D eigenvalue weighted by Gasteiger charge is 2.12. The van der Waals surface area contributed by atoms with Crippen molar-refractivity contribution >= 4 is 22.2 Å². The molecule has 0 amide bonds. The Bertz CT molecular complexity index is 744. The Labute approximate surface area is 128 Å². The maximum absolute atomic E-state index is 4.61. The van der Waals surface area contributed by atoms with Crippen LogP contribution in [0.3, 0.4) is 0 Å². The van der Waals surface area contributed by atoms with E-state index in [9.17, 15) is 0 Å². The lowest BCUT2D eigenvalue weighted by Crippen LogP contribution is -2.18. The predicted molar refractivity (Wildman–Crippen MR) is 87.5 cm³/mol. The van der Waals surface area contributed by atoms with Crippen molar-refractivity contribution in [3.8, 4) is 0 Å². The summed E-state index contributed by atoms with van der Waals surface area (Å²) in [5.74, 6) is 0. The number of nitrogens with one attached hydrogen (secondary N) is 1. The van der Waals surface area contributed by atoms with E-state index in [0.717, 1.165) is 23.7 Å². The highest BCUT2D eigenvalue weighted by molar-refractivity contribution is 7.11. The van der Waals surface area contributed by atoms with E-state index in [2.05, 4.69) is 47.4 Å². The molecule has 3 aromatic rings. The molecule has 1 aromatic carbocycles. The molecule has 0 saturated heterocycles. The zero-order chi connectivity index (χ0) is 14.8. The van der Waals surface area contributed by atoms with Crippen LogP contribution in [0.5, 0.6) is 0 Å². The third kappa shape index (κ3) is 2.84. The van der Waals surface area contributed by atoms with Gasteiger partial charge in [0.05, 0.1) is 17.3 Å². The normalized spacial score (nSPS) is 12.9. The number of aromatic nitrogens is 3. The Morgan fingerprint density at radius 1 is 1.33 bits per heavy atom. The molecule has 0 saturated carbocycles. The molecule has 1 atom stereocenters. The number of rotatable bonds is 5. The van der Waals surface area contributed by atoms with Gasteiger partial charge in [-0.25, -0.2) is 4.98 Å². The quantitative estimate of drug-likeness (QED) is 0.785. The van der Waals surface area contributed by atoms with Gasteiger partial charge in [-0.2, -0.15) is 5.10 Å². The van der Waals surface area contributed by atoms with Crippen LogP contribution in [0, 0.1) is 0 Å². The predicted octanol–water partition coefficient (Wildman–Crippen LogP) is 3.44. The molecule has 110 valence electrons. The first-order chi connectivity index (χ1) is 10.2. The average Bonchev–Trinajstić information content (AvgIpc) is 3.11. The summed E-state index contributed by atoms with van der Waals surface area (Å²) in [6, 6.07) is 8.58. The van der Waals surface area contributed by atoms with Crippen LogP contribution >= 0.6 is 11.3 Å². The fourth-order valence-corrected chi connectivity index (χ4v) is 3.33. The summed E-state index contributed by atoms with van der Waals surface area (Å²) in [6.07, 6.45) is 3.03. The number of thiazole rings is 1. The highest BCUT2D eigenvalue weighted by atomic mass is 32.1. The molecule has 1 unspecified atom stereocenters. The van der Waals surface area contributed by atoms with E-state index in [0.29, 0.717) is 0 Å². The monoisotopic (exact) mass is 300 g/mol. The van der Waals surface area contributed by atoms with Gasteiger partial charge in [-0.3, -0.25) is 4.68 Å². The first-order valence-electron chi connectivity index (χ1n) is 7.27. The van der Waals surface area contributed by atoms with Gasteiger partial charge >= 0.3 is 0 Å². The van der Waals surface area contributed by atoms with E-state index in [4.69, 9.17) is 0 Å². The number of para-hydroxylation sites is 1. The third-order valence-electron chi connectivity index (χ3n) is 3.70. The Kier molecular flexibility index (Phi) is 4.03. The standard InChI is InChI=1S/C16H20N4S/c1-4-12-9-18-16(21-12)11(2)17-10-14-13-7-5-6-8-15(13)20(3)19-14/h5-9,11,17H,4,10H2,1-3H3. The SMILES string of the molecule is CCc1cnc(C(C)NCc2nn(C)c3ccccc23)s1. The molecule has 2 heterocycles. The maximum atomic E-state index is 4.61. The lowest BCUT2D eigenvalue weighted by molar-refractivity contribution is 0.561. The lowest BCUT2D eigenvalue weighted by Gasteiger charge is -2.09. The van der Waals surface area contributed by atoms with Crippen molar-refractivity contribution in [2.24, 2.45) is 7.05 Å². The van der Waals surface area contributed by atoms with Crippen LogP contribution in [-0.4, -0.2) is 14.8 Å². The summed E-state index contributed by atoms with van der Waals surface area (Å²) in [5, 5.41) is 10.5. The van der Waals surface area contributed by atoms with Crippen molar-refractivity contribution in [2.75, 3.05) is 0 Å². The first kappa shape index (κ1) is 14.2. The van der Waals surface area contributed by atoms with Gasteiger partial charge in [-0.1, -0.05) is 25.1 Å². The second kappa shape index (κ2) is 5.95. The molecule has 0 fully saturated rings. The van der Waals surface area contributed by atoms with Gasteiger partial charge in [0, 0.05) is 30.1 Å². The van der Waals surface area contributed by atoms with E-state index in [1.807, 2.05) is 24.0 Å². The summed E-state index contributed by atoms with van der Waals surface area (Å²) in [4.78, 5) is 5.83. The minimum atomic E-state index is 0.246. The highest BCUT2D eigenvalue weighted by Crippen LogP contribution is 2.22. The zero-order valence-corrected chi connectivity index (χ0v) is 13.4. The molecule has 0 aliphatic heterocycles. The van der Waals surface area contributed by atoms with Crippen LogP contribution in [0.25, 0.3) is 10.9 Å². The maximum Gasteiger partial charge on any atom is 0.109 e. The number of fused-ring (bicyclic) bond motifs is 1. The van der Waals surface area contributed by atoms with Crippen LogP contribution in [0.4, 0.5) is 0 Å². The largest absolute Gasteiger partial charge is 0.302 e. The van der Waals surface area contributed by atoms with Gasteiger partial charge in [-0.15, -0.1) is 11.3 Å². The second-order valence-electron chi connectivity index (χ2n) is 5.21. The molecule has 0 aliphatic carbocycles. The molecule has 1 N–H and O–H groups in total. The summed E-state index contributed by atoms with van der Waals surface area (Å²) in [6.45, 7) is 5.07. The minimum Gasteiger partial charge on any atom is -0.302 e. The molecule has 4 nitrogen and oxygen atoms in total. The van der Waals surface area contributed by atoms with Crippen molar-refractivity contribution in [1.29, 1.82) is 0 Å². The molecule has 0 radical (unpaired) electrons. The summed E-state index contributed by atoms with van der Waals surface area (Å²) in [5.41, 5.74) is 2.26. The van der Waals surface area contributed by atoms with Crippen molar-refractivity contribution in [3.05, 3.63) is 46.0 Å². The molecule has 3 rings (SSSR count). The van der Waals surface area contributed by atoms with E-state index in [-0.39, 0.29) is 6.04 Å². The molecule has 2 aromatic heterocycles. The second-order valence-corrected chi connectivity index (χ2v) is 6.36. The van der Waals surface area contributed by atoms with Gasteiger partial charge < -0.3 is 5.32 Å². The van der Waals surface area contributed by atoms with Crippen LogP contribution in [-0.2, 0) is 20.0 Å². The lowest BCUT2D eigenvalue weighted by atomic mass is 10.2. The minimum absolute atomic E-state index is 0.246. The van der Waals surface area contributed by atoms with E-state index in [1.165, 1.54) is 15.8 Å². The van der Waals surface area contributed by atoms with Gasteiger partial charge in [0.15, 0.2) is 0 Å². The van der Waals surface area contributed by atoms with Crippen LogP contribution in [0.2, 0.25) is 0 Å². The van der Waals surface area contributed by atoms with Crippen molar-refractivity contribution in [2.45, 2.75) is 32.9 Å². The number of hydrogen-bond donors (Lipinski definition) is 1. The smallest absolute Gasteiger partial charge is 0.109 e. The Hall–Kier alpha value is -1.72. The topological polar surface area (TPSA) is 42.7 Å². The third-order valence-corrected chi connectivity index (χ3v) is 5.02. The average molecular weight is 300 g/mol. The number of nitrogens with zero attached hydrogens (tertiary/aromatic N) is 3. The molecule has 0 spiro atoms. The molecule has 0 aliphatic rings. The van der Waals surface area contributed by atoms with Crippen LogP contribution < -0.4 is 5.32 Å². The number of aryl methyl sites for hydroxylation is 2. The van der Waals surface area contributed by atoms with Gasteiger partial charge in [0.1, 0.15) is 5.01 Å². The Morgan fingerprint density at radius 2 is 2.14 bits per heavy atom. The van der Waals surface area contributed by atoms with Crippen molar-refractivity contribution in [3.63, 3.8) is 0 Å². The first-order valence-corrected chi connectivity index (χ1v) is 8.09. The van der Waals surface area contributed by atoms with E-state index >= 15 is 0 Å². The number of hydrogen-bond acceptors (Lipinski definition) is 4. The van der Waals surface area contributed by atoms with Gasteiger partial charge in [0.2, 0.25) is 0 Å². The van der Waals surface area contributed by atoms with Gasteiger partial charge in [-0.05, 0) is 19.4 Å². The van der Waals surface area contributed by atoms with Crippen LogP contribution in [0.1, 0.15) is 35.5 Å². The summed E-state index contributed by atoms with van der Waals surface area (Å²) >= 11 is 1.79. The summed E-state index contributed by atoms with van der Waals surface area (Å²) < 4.78 is 1.94.